The van der Waals surface area contributed by atoms with E-state index in [1.165, 1.54) is 12.3 Å². The van der Waals surface area contributed by atoms with Gasteiger partial charge >= 0.3 is 0 Å². The van der Waals surface area contributed by atoms with E-state index in [4.69, 9.17) is 0 Å². The highest BCUT2D eigenvalue weighted by molar-refractivity contribution is 9.10. The summed E-state index contributed by atoms with van der Waals surface area (Å²) in [4.78, 5) is 0. The van der Waals surface area contributed by atoms with Gasteiger partial charge in [-0.1, -0.05) is 64.5 Å². The standard InChI is InChI=1S/C19H15FN4.C12H12BrN3/c1-2-22-18-10-14(12-23-24-18)19-16(11-21)15(8-9-17(19)20)13-6-4-3-5-7-13;1-2-14-12-7-10(8-15-16-12)9-4-3-5-11(13)6-9/h3-10,12H,2H2,1H3,(H,22,24);3-8H,2H2,1H3,(H,14,16). The molecule has 0 aliphatic carbocycles. The number of anilines is 2. The minimum absolute atomic E-state index is 0.243. The number of aromatic nitrogens is 4. The lowest BCUT2D eigenvalue weighted by molar-refractivity contribution is 0.631. The average Bonchev–Trinajstić information content (AvgIpc) is 2.98. The number of rotatable bonds is 7. The van der Waals surface area contributed by atoms with E-state index in [-0.39, 0.29) is 11.1 Å². The zero-order valence-corrected chi connectivity index (χ0v) is 23.7. The summed E-state index contributed by atoms with van der Waals surface area (Å²) in [7, 11) is 0. The van der Waals surface area contributed by atoms with E-state index in [0.29, 0.717) is 23.5 Å². The molecule has 0 unspecified atom stereocenters. The number of benzene rings is 3. The van der Waals surface area contributed by atoms with Crippen molar-refractivity contribution >= 4 is 27.6 Å². The SMILES string of the molecule is CCNc1cc(-c2c(F)ccc(-c3ccccc3)c2C#N)cnn1.CCNc1cc(-c2cccc(Br)c2)cnn1. The predicted molar refractivity (Wildman–Crippen MR) is 161 cm³/mol. The molecule has 0 radical (unpaired) electrons. The van der Waals surface area contributed by atoms with E-state index < -0.39 is 5.82 Å². The van der Waals surface area contributed by atoms with Crippen molar-refractivity contribution in [3.8, 4) is 39.4 Å². The maximum Gasteiger partial charge on any atom is 0.149 e. The number of hydrogen-bond acceptors (Lipinski definition) is 7. The normalized spacial score (nSPS) is 10.2. The highest BCUT2D eigenvalue weighted by Gasteiger charge is 2.17. The van der Waals surface area contributed by atoms with Gasteiger partial charge in [-0.2, -0.15) is 15.5 Å². The Balaban J connectivity index is 0.000000201. The van der Waals surface area contributed by atoms with Crippen LogP contribution in [0.2, 0.25) is 0 Å². The molecule has 40 heavy (non-hydrogen) atoms. The first-order chi connectivity index (χ1) is 19.5. The molecule has 0 saturated carbocycles. The topological polar surface area (TPSA) is 99.4 Å². The van der Waals surface area contributed by atoms with Crippen molar-refractivity contribution < 1.29 is 4.39 Å². The Labute approximate surface area is 241 Å². The third-order valence-electron chi connectivity index (χ3n) is 5.82. The van der Waals surface area contributed by atoms with Crippen molar-refractivity contribution in [1.29, 1.82) is 5.26 Å². The van der Waals surface area contributed by atoms with Crippen molar-refractivity contribution in [2.75, 3.05) is 23.7 Å². The van der Waals surface area contributed by atoms with E-state index in [0.717, 1.165) is 33.5 Å². The summed E-state index contributed by atoms with van der Waals surface area (Å²) in [6, 6.07) is 26.4. The first kappa shape index (κ1) is 28.3. The van der Waals surface area contributed by atoms with Gasteiger partial charge in [0.1, 0.15) is 23.5 Å². The molecule has 0 spiro atoms. The zero-order chi connectivity index (χ0) is 28.3. The first-order valence-electron chi connectivity index (χ1n) is 12.7. The monoisotopic (exact) mass is 595 g/mol. The predicted octanol–water partition coefficient (Wildman–Crippen LogP) is 7.59. The van der Waals surface area contributed by atoms with Crippen LogP contribution in [0.5, 0.6) is 0 Å². The molecule has 0 amide bonds. The van der Waals surface area contributed by atoms with Gasteiger partial charge in [0.15, 0.2) is 0 Å². The molecule has 0 fully saturated rings. The summed E-state index contributed by atoms with van der Waals surface area (Å²) in [6.45, 7) is 5.49. The highest BCUT2D eigenvalue weighted by Crippen LogP contribution is 2.34. The van der Waals surface area contributed by atoms with Crippen molar-refractivity contribution in [1.82, 2.24) is 20.4 Å². The Hall–Kier alpha value is -4.68. The third kappa shape index (κ3) is 7.04. The molecule has 0 atom stereocenters. The molecule has 2 heterocycles. The zero-order valence-electron chi connectivity index (χ0n) is 22.1. The number of nitriles is 1. The smallest absolute Gasteiger partial charge is 0.149 e. The molecular weight excluding hydrogens is 569 g/mol. The van der Waals surface area contributed by atoms with Crippen LogP contribution in [0.25, 0.3) is 33.4 Å². The fourth-order valence-electron chi connectivity index (χ4n) is 4.06. The second-order valence-electron chi connectivity index (χ2n) is 8.55. The van der Waals surface area contributed by atoms with Crippen LogP contribution in [0.4, 0.5) is 16.0 Å². The fraction of sp³-hybridized carbons (Fsp3) is 0.129. The second kappa shape index (κ2) is 13.9. The van der Waals surface area contributed by atoms with E-state index in [1.54, 1.807) is 18.3 Å². The van der Waals surface area contributed by atoms with Gasteiger partial charge in [0.25, 0.3) is 0 Å². The van der Waals surface area contributed by atoms with E-state index >= 15 is 0 Å². The highest BCUT2D eigenvalue weighted by atomic mass is 79.9. The first-order valence-corrected chi connectivity index (χ1v) is 13.5. The molecule has 5 aromatic rings. The lowest BCUT2D eigenvalue weighted by atomic mass is 9.93. The molecule has 3 aromatic carbocycles. The number of nitrogens with zero attached hydrogens (tertiary/aromatic N) is 5. The summed E-state index contributed by atoms with van der Waals surface area (Å²) in [6.07, 6.45) is 3.23. The molecule has 200 valence electrons. The largest absolute Gasteiger partial charge is 0.369 e. The van der Waals surface area contributed by atoms with Crippen LogP contribution >= 0.6 is 15.9 Å². The fourth-order valence-corrected chi connectivity index (χ4v) is 4.46. The lowest BCUT2D eigenvalue weighted by Gasteiger charge is -2.12. The van der Waals surface area contributed by atoms with Crippen LogP contribution in [0.15, 0.2) is 95.7 Å². The van der Waals surface area contributed by atoms with Gasteiger partial charge < -0.3 is 10.6 Å². The quantitative estimate of drug-likeness (QED) is 0.200. The average molecular weight is 597 g/mol. The molecule has 2 N–H and O–H groups in total. The van der Waals surface area contributed by atoms with E-state index in [9.17, 15) is 9.65 Å². The van der Waals surface area contributed by atoms with Crippen LogP contribution < -0.4 is 10.6 Å². The van der Waals surface area contributed by atoms with Gasteiger partial charge in [0, 0.05) is 39.8 Å². The third-order valence-corrected chi connectivity index (χ3v) is 6.32. The molecule has 5 rings (SSSR count). The van der Waals surface area contributed by atoms with Crippen molar-refractivity contribution in [3.05, 3.63) is 107 Å². The maximum atomic E-state index is 14.5. The van der Waals surface area contributed by atoms with Gasteiger partial charge in [0.2, 0.25) is 0 Å². The maximum absolute atomic E-state index is 14.5. The summed E-state index contributed by atoms with van der Waals surface area (Å²) in [5, 5.41) is 31.7. The molecule has 0 bridgehead atoms. The van der Waals surface area contributed by atoms with Gasteiger partial charge in [-0.25, -0.2) is 4.39 Å². The molecule has 9 heteroatoms. The van der Waals surface area contributed by atoms with Crippen LogP contribution in [0, 0.1) is 17.1 Å². The van der Waals surface area contributed by atoms with Crippen LogP contribution in [0.3, 0.4) is 0 Å². The Bertz CT molecular complexity index is 1620. The minimum atomic E-state index is -0.457. The van der Waals surface area contributed by atoms with E-state index in [2.05, 4.69) is 65.2 Å². The van der Waals surface area contributed by atoms with Gasteiger partial charge in [0.05, 0.1) is 18.0 Å². The van der Waals surface area contributed by atoms with Gasteiger partial charge in [-0.05, 0) is 55.3 Å². The number of halogens is 2. The van der Waals surface area contributed by atoms with Crippen molar-refractivity contribution in [2.24, 2.45) is 0 Å². The van der Waals surface area contributed by atoms with Gasteiger partial charge in [-0.3, -0.25) is 0 Å². The van der Waals surface area contributed by atoms with Gasteiger partial charge in [-0.15, -0.1) is 10.2 Å². The van der Waals surface area contributed by atoms with Crippen LogP contribution in [-0.4, -0.2) is 33.5 Å². The van der Waals surface area contributed by atoms with E-state index in [1.807, 2.05) is 62.4 Å². The molecule has 7 nitrogen and oxygen atoms in total. The Morgan fingerprint density at radius 2 is 1.38 bits per heavy atom. The summed E-state index contributed by atoms with van der Waals surface area (Å²) < 4.78 is 15.6. The molecule has 0 saturated heterocycles. The summed E-state index contributed by atoms with van der Waals surface area (Å²) in [5.74, 6) is 0.894. The molecule has 0 aliphatic heterocycles. The number of hydrogen-bond donors (Lipinski definition) is 2. The Morgan fingerprint density at radius 1 is 0.750 bits per heavy atom. The molecule has 0 aliphatic rings. The van der Waals surface area contributed by atoms with Crippen molar-refractivity contribution in [3.63, 3.8) is 0 Å². The number of nitrogens with one attached hydrogen (secondary N) is 2. The Kier molecular flexibility index (Phi) is 9.86. The minimum Gasteiger partial charge on any atom is -0.369 e. The Morgan fingerprint density at radius 3 is 2.00 bits per heavy atom. The van der Waals surface area contributed by atoms with Crippen LogP contribution in [0.1, 0.15) is 19.4 Å². The summed E-state index contributed by atoms with van der Waals surface area (Å²) >= 11 is 3.46. The molecule has 2 aromatic heterocycles. The van der Waals surface area contributed by atoms with Crippen molar-refractivity contribution in [2.45, 2.75) is 13.8 Å². The van der Waals surface area contributed by atoms with Crippen LogP contribution in [-0.2, 0) is 0 Å². The summed E-state index contributed by atoms with van der Waals surface area (Å²) in [5.41, 5.74) is 4.80. The molecular formula is C31H27BrFN7. The second-order valence-corrected chi connectivity index (χ2v) is 9.47. The lowest BCUT2D eigenvalue weighted by Crippen LogP contribution is -2.01.